The highest BCUT2D eigenvalue weighted by atomic mass is 19.3. The molecule has 1 amide bonds. The first-order chi connectivity index (χ1) is 14.3. The molecule has 1 aromatic heterocycles. The lowest BCUT2D eigenvalue weighted by Gasteiger charge is -2.35. The van der Waals surface area contributed by atoms with Crippen molar-refractivity contribution in [2.24, 2.45) is 0 Å². The number of para-hydroxylation sites is 1. The van der Waals surface area contributed by atoms with Crippen LogP contribution in [0.4, 0.5) is 20.5 Å². The minimum absolute atomic E-state index is 0.0549. The fourth-order valence-corrected chi connectivity index (χ4v) is 3.23. The summed E-state index contributed by atoms with van der Waals surface area (Å²) in [5.41, 5.74) is 1.05. The number of benzene rings is 1. The molecule has 1 fully saturated rings. The van der Waals surface area contributed by atoms with Gasteiger partial charge in [-0.3, -0.25) is 4.79 Å². The van der Waals surface area contributed by atoms with Crippen LogP contribution in [0.3, 0.4) is 0 Å². The van der Waals surface area contributed by atoms with Crippen molar-refractivity contribution < 1.29 is 18.3 Å². The SMILES string of the molecule is C/C(=C\C(=O)N1CCN(c2ccnc(N(C)C)n2)CC1)c1ccccc1OC(F)F. The van der Waals surface area contributed by atoms with Crippen molar-refractivity contribution in [1.82, 2.24) is 14.9 Å². The van der Waals surface area contributed by atoms with Gasteiger partial charge in [0.2, 0.25) is 11.9 Å². The maximum absolute atomic E-state index is 12.7. The van der Waals surface area contributed by atoms with Crippen LogP contribution in [0.1, 0.15) is 12.5 Å². The first-order valence-corrected chi connectivity index (χ1v) is 9.62. The molecule has 0 unspecified atom stereocenters. The maximum atomic E-state index is 12.7. The number of aromatic nitrogens is 2. The van der Waals surface area contributed by atoms with E-state index in [-0.39, 0.29) is 11.7 Å². The molecule has 0 saturated carbocycles. The molecule has 0 spiro atoms. The molecular formula is C21H25F2N5O2. The molecule has 160 valence electrons. The van der Waals surface area contributed by atoms with E-state index < -0.39 is 6.61 Å². The molecule has 0 aliphatic carbocycles. The number of ether oxygens (including phenoxy) is 1. The van der Waals surface area contributed by atoms with Crippen molar-refractivity contribution in [2.45, 2.75) is 13.5 Å². The summed E-state index contributed by atoms with van der Waals surface area (Å²) < 4.78 is 29.8. The van der Waals surface area contributed by atoms with Gasteiger partial charge in [-0.1, -0.05) is 18.2 Å². The Balaban J connectivity index is 1.65. The molecule has 3 rings (SSSR count). The number of rotatable bonds is 6. The number of allylic oxidation sites excluding steroid dienone is 1. The normalized spacial score (nSPS) is 14.8. The van der Waals surface area contributed by atoms with Gasteiger partial charge in [0, 0.05) is 58.1 Å². The van der Waals surface area contributed by atoms with Crippen LogP contribution in [0, 0.1) is 0 Å². The zero-order valence-corrected chi connectivity index (χ0v) is 17.3. The largest absolute Gasteiger partial charge is 0.434 e. The number of halogens is 2. The molecule has 2 heterocycles. The zero-order chi connectivity index (χ0) is 21.7. The Morgan fingerprint density at radius 2 is 1.87 bits per heavy atom. The third kappa shape index (κ3) is 5.22. The van der Waals surface area contributed by atoms with Crippen LogP contribution in [-0.4, -0.2) is 67.7 Å². The third-order valence-electron chi connectivity index (χ3n) is 4.81. The molecule has 1 saturated heterocycles. The van der Waals surface area contributed by atoms with Crippen molar-refractivity contribution in [1.29, 1.82) is 0 Å². The molecule has 0 bridgehead atoms. The minimum Gasteiger partial charge on any atom is -0.434 e. The van der Waals surface area contributed by atoms with E-state index in [9.17, 15) is 13.6 Å². The molecule has 0 atom stereocenters. The van der Waals surface area contributed by atoms with E-state index in [1.165, 1.54) is 12.1 Å². The molecule has 0 N–H and O–H groups in total. The van der Waals surface area contributed by atoms with E-state index in [4.69, 9.17) is 0 Å². The smallest absolute Gasteiger partial charge is 0.387 e. The average molecular weight is 417 g/mol. The van der Waals surface area contributed by atoms with E-state index in [2.05, 4.69) is 19.6 Å². The number of amides is 1. The Morgan fingerprint density at radius 3 is 2.53 bits per heavy atom. The van der Waals surface area contributed by atoms with Gasteiger partial charge in [0.05, 0.1) is 0 Å². The van der Waals surface area contributed by atoms with E-state index in [1.54, 1.807) is 36.2 Å². The van der Waals surface area contributed by atoms with Gasteiger partial charge in [-0.05, 0) is 24.6 Å². The minimum atomic E-state index is -2.92. The van der Waals surface area contributed by atoms with Crippen molar-refractivity contribution in [3.05, 3.63) is 48.2 Å². The number of nitrogens with zero attached hydrogens (tertiary/aromatic N) is 5. The van der Waals surface area contributed by atoms with Crippen LogP contribution >= 0.6 is 0 Å². The van der Waals surface area contributed by atoms with Crippen LogP contribution < -0.4 is 14.5 Å². The van der Waals surface area contributed by atoms with Crippen LogP contribution in [0.2, 0.25) is 0 Å². The molecule has 30 heavy (non-hydrogen) atoms. The van der Waals surface area contributed by atoms with Crippen molar-refractivity contribution in [3.63, 3.8) is 0 Å². The lowest BCUT2D eigenvalue weighted by Crippen LogP contribution is -2.48. The quantitative estimate of drug-likeness (QED) is 0.674. The Hall–Kier alpha value is -3.23. The van der Waals surface area contributed by atoms with Crippen molar-refractivity contribution in [3.8, 4) is 5.75 Å². The number of hydrogen-bond acceptors (Lipinski definition) is 6. The topological polar surface area (TPSA) is 61.8 Å². The fraction of sp³-hybridized carbons (Fsp3) is 0.381. The number of hydrogen-bond donors (Lipinski definition) is 0. The van der Waals surface area contributed by atoms with Gasteiger partial charge in [0.25, 0.3) is 0 Å². The van der Waals surface area contributed by atoms with E-state index in [1.807, 2.05) is 25.1 Å². The molecule has 1 aromatic carbocycles. The number of carbonyl (C=O) groups excluding carboxylic acids is 1. The molecule has 2 aromatic rings. The van der Waals surface area contributed by atoms with Gasteiger partial charge in [-0.25, -0.2) is 4.98 Å². The fourth-order valence-electron chi connectivity index (χ4n) is 3.23. The summed E-state index contributed by atoms with van der Waals surface area (Å²) in [5, 5.41) is 0. The van der Waals surface area contributed by atoms with Gasteiger partial charge >= 0.3 is 6.61 Å². The van der Waals surface area contributed by atoms with Gasteiger partial charge in [0.15, 0.2) is 0 Å². The lowest BCUT2D eigenvalue weighted by atomic mass is 10.1. The standard InChI is InChI=1S/C21H25F2N5O2/c1-15(16-6-4-5-7-17(16)30-20(22)23)14-19(29)28-12-10-27(11-13-28)18-8-9-24-21(25-18)26(2)3/h4-9,14,20H,10-13H2,1-3H3/b15-14+. The summed E-state index contributed by atoms with van der Waals surface area (Å²) in [7, 11) is 3.77. The van der Waals surface area contributed by atoms with Crippen LogP contribution in [0.5, 0.6) is 5.75 Å². The van der Waals surface area contributed by atoms with Gasteiger partial charge in [-0.15, -0.1) is 0 Å². The molecule has 0 radical (unpaired) electrons. The lowest BCUT2D eigenvalue weighted by molar-refractivity contribution is -0.126. The van der Waals surface area contributed by atoms with Crippen molar-refractivity contribution >= 4 is 23.2 Å². The summed E-state index contributed by atoms with van der Waals surface area (Å²) in [6.07, 6.45) is 3.19. The highest BCUT2D eigenvalue weighted by Gasteiger charge is 2.22. The Kier molecular flexibility index (Phi) is 6.81. The highest BCUT2D eigenvalue weighted by molar-refractivity contribution is 5.95. The van der Waals surface area contributed by atoms with Crippen LogP contribution in [-0.2, 0) is 4.79 Å². The molecular weight excluding hydrogens is 392 g/mol. The summed E-state index contributed by atoms with van der Waals surface area (Å²) in [4.78, 5) is 27.2. The van der Waals surface area contributed by atoms with E-state index in [0.29, 0.717) is 43.3 Å². The molecule has 7 nitrogen and oxygen atoms in total. The number of carbonyl (C=O) groups is 1. The Labute approximate surface area is 174 Å². The summed E-state index contributed by atoms with van der Waals surface area (Å²) in [6, 6.07) is 8.31. The van der Waals surface area contributed by atoms with Gasteiger partial charge < -0.3 is 19.4 Å². The summed E-state index contributed by atoms with van der Waals surface area (Å²) >= 11 is 0. The van der Waals surface area contributed by atoms with Gasteiger partial charge in [-0.2, -0.15) is 13.8 Å². The Bertz CT molecular complexity index is 912. The number of anilines is 2. The molecule has 1 aliphatic heterocycles. The second-order valence-corrected chi connectivity index (χ2v) is 7.12. The first kappa shape index (κ1) is 21.5. The summed E-state index contributed by atoms with van der Waals surface area (Å²) in [6.45, 7) is 1.17. The Morgan fingerprint density at radius 1 is 1.17 bits per heavy atom. The second-order valence-electron chi connectivity index (χ2n) is 7.12. The molecule has 1 aliphatic rings. The third-order valence-corrected chi connectivity index (χ3v) is 4.81. The average Bonchev–Trinajstić information content (AvgIpc) is 2.73. The highest BCUT2D eigenvalue weighted by Crippen LogP contribution is 2.27. The number of piperazine rings is 1. The predicted molar refractivity (Wildman–Crippen MR) is 112 cm³/mol. The second kappa shape index (κ2) is 9.51. The summed E-state index contributed by atoms with van der Waals surface area (Å²) in [5.74, 6) is 1.36. The predicted octanol–water partition coefficient (Wildman–Crippen LogP) is 2.90. The molecule has 9 heteroatoms. The number of alkyl halides is 2. The maximum Gasteiger partial charge on any atom is 0.387 e. The van der Waals surface area contributed by atoms with Gasteiger partial charge in [0.1, 0.15) is 11.6 Å². The van der Waals surface area contributed by atoms with Crippen LogP contribution in [0.15, 0.2) is 42.6 Å². The monoisotopic (exact) mass is 417 g/mol. The van der Waals surface area contributed by atoms with Crippen molar-refractivity contribution in [2.75, 3.05) is 50.1 Å². The van der Waals surface area contributed by atoms with Crippen LogP contribution in [0.25, 0.3) is 5.57 Å². The van der Waals surface area contributed by atoms with E-state index >= 15 is 0 Å². The first-order valence-electron chi connectivity index (χ1n) is 9.62. The van der Waals surface area contributed by atoms with E-state index in [0.717, 1.165) is 5.82 Å². The zero-order valence-electron chi connectivity index (χ0n) is 17.3.